The van der Waals surface area contributed by atoms with Gasteiger partial charge in [0.1, 0.15) is 7.12 Å². The van der Waals surface area contributed by atoms with Crippen LogP contribution in [0.1, 0.15) is 6.93 Å². The largest absolute Gasteiger partial charge is 0.508 e. The Morgan fingerprint density at radius 2 is 2.00 bits per heavy atom. The number of rotatable bonds is 0. The second kappa shape index (κ2) is 11.0. The Balaban J connectivity index is -0.000000333. The minimum Gasteiger partial charge on any atom is -0.508 e. The average Bonchev–Trinajstić information content (AvgIpc) is 1.88. The van der Waals surface area contributed by atoms with Crippen LogP contribution in [0.2, 0.25) is 0 Å². The zero-order chi connectivity index (χ0) is 7.40. The molecule has 0 atom stereocenters. The van der Waals surface area contributed by atoms with Gasteiger partial charge in [-0.05, 0) is 18.2 Å². The molecule has 0 saturated heterocycles. The number of terminal acetylenes is 1. The minimum absolute atomic E-state index is 0. The van der Waals surface area contributed by atoms with Crippen LogP contribution < -0.4 is 0 Å². The van der Waals surface area contributed by atoms with Crippen LogP contribution in [0.3, 0.4) is 0 Å². The molecule has 3 radical (unpaired) electrons. The van der Waals surface area contributed by atoms with Crippen molar-refractivity contribution < 1.29 is 105 Å². The van der Waals surface area contributed by atoms with E-state index in [1.165, 1.54) is 6.07 Å². The zero-order valence-corrected chi connectivity index (χ0v) is 15.0. The van der Waals surface area contributed by atoms with Gasteiger partial charge in [-0.25, -0.2) is 0 Å². The van der Waals surface area contributed by atoms with Gasteiger partial charge in [0.15, 0.2) is 0 Å². The van der Waals surface area contributed by atoms with Gasteiger partial charge in [0.2, 0.25) is 0 Å². The van der Waals surface area contributed by atoms with E-state index in [4.69, 9.17) is 6.48 Å². The Hall–Kier alpha value is 1.89. The van der Waals surface area contributed by atoms with Crippen molar-refractivity contribution in [1.82, 2.24) is 0 Å². The summed E-state index contributed by atoms with van der Waals surface area (Å²) in [7, 11) is 0. The molecule has 0 fully saturated rings. The van der Waals surface area contributed by atoms with Gasteiger partial charge in [0, 0.05) is 104 Å². The molecular formula is C8H6OY3. The maximum atomic E-state index is 8.91. The summed E-state index contributed by atoms with van der Waals surface area (Å²) < 4.78 is 6.57. The van der Waals surface area contributed by atoms with Gasteiger partial charge in [-0.15, -0.1) is 6.40 Å². The number of benzene rings is 1. The topological polar surface area (TPSA) is 20.2 Å². The molecule has 0 unspecified atom stereocenters. The van der Waals surface area contributed by atoms with Crippen LogP contribution in [0.15, 0.2) is 24.3 Å². The molecule has 0 amide bonds. The fourth-order valence-corrected chi connectivity index (χ4v) is 0.584. The molecule has 12 heavy (non-hydrogen) atoms. The molecule has 0 aliphatic rings. The molecule has 0 bridgehead atoms. The van der Waals surface area contributed by atoms with E-state index in [0.717, 1.165) is 0 Å². The first-order valence-corrected chi connectivity index (χ1v) is 2.54. The van der Waals surface area contributed by atoms with Crippen LogP contribution in [0.4, 0.5) is 0 Å². The average molecular weight is 387 g/mol. The third-order valence-electron chi connectivity index (χ3n) is 0.990. The van der Waals surface area contributed by atoms with Gasteiger partial charge in [-0.2, -0.15) is 0 Å². The third-order valence-corrected chi connectivity index (χ3v) is 0.990. The molecule has 0 spiro atoms. The van der Waals surface area contributed by atoms with E-state index >= 15 is 0 Å². The Kier molecular flexibility index (Phi) is 14.9. The maximum Gasteiger partial charge on any atom is 0.124 e. The molecule has 0 heterocycles. The Bertz CT molecular complexity index is 293. The van der Waals surface area contributed by atoms with Gasteiger partial charge in [0.05, 0.1) is 0 Å². The molecule has 1 nitrogen and oxygen atoms in total. The van der Waals surface area contributed by atoms with Crippen molar-refractivity contribution in [1.29, 1.82) is 0 Å². The Morgan fingerprint density at radius 3 is 2.50 bits per heavy atom. The van der Waals surface area contributed by atoms with Crippen molar-refractivity contribution >= 4 is 0 Å². The summed E-state index contributed by atoms with van der Waals surface area (Å²) in [4.78, 5) is 0. The summed E-state index contributed by atoms with van der Waals surface area (Å²) in [5, 5.41) is 8.91. The molecule has 53 valence electrons. The zero-order valence-electron chi connectivity index (χ0n) is 7.49. The van der Waals surface area contributed by atoms with Gasteiger partial charge in [0.25, 0.3) is 0 Å². The Labute approximate surface area is 150 Å². The third kappa shape index (κ3) is 7.31. The number of hydrogen-bond acceptors (Lipinski definition) is 1. The van der Waals surface area contributed by atoms with Crippen LogP contribution in [0.25, 0.3) is 0 Å². The minimum atomic E-state index is 0. The molecule has 4 heteroatoms. The molecule has 0 aliphatic heterocycles. The van der Waals surface area contributed by atoms with E-state index in [1.807, 2.05) is 6.40 Å². The van der Waals surface area contributed by atoms with Crippen LogP contribution in [-0.4, -0.2) is 5.11 Å². The fourth-order valence-electron chi connectivity index (χ4n) is 0.584. The van der Waals surface area contributed by atoms with Gasteiger partial charge in [-0.1, -0.05) is 12.0 Å². The Morgan fingerprint density at radius 1 is 1.33 bits per heavy atom. The molecule has 1 N–H and O–H groups in total. The standard InChI is InChI=1S/C8H6O.3Y/c1-2-7-4-3-5-8(9)6-7;;;/h1,3-6,9H;;;/i1T;;;. The summed E-state index contributed by atoms with van der Waals surface area (Å²) in [5.74, 6) is 2.69. The van der Waals surface area contributed by atoms with Crippen molar-refractivity contribution in [3.63, 3.8) is 0 Å². The molecule has 1 aromatic rings. The molecule has 1 rings (SSSR count). The van der Waals surface area contributed by atoms with E-state index in [0.29, 0.717) is 5.56 Å². The maximum absolute atomic E-state index is 8.91. The van der Waals surface area contributed by atoms with Crippen molar-refractivity contribution in [3.05, 3.63) is 29.8 Å². The first kappa shape index (κ1) is 16.3. The van der Waals surface area contributed by atoms with E-state index in [9.17, 15) is 0 Å². The number of aromatic hydroxyl groups is 1. The summed E-state index contributed by atoms with van der Waals surface area (Å²) in [5.41, 5.74) is 0.662. The fraction of sp³-hybridized carbons (Fsp3) is 0. The summed E-state index contributed by atoms with van der Waals surface area (Å²) in [6, 6.07) is 6.51. The summed E-state index contributed by atoms with van der Waals surface area (Å²) >= 11 is 0. The SMILES string of the molecule is [3H]C#Cc1cccc(O)c1.[Y].[Y].[Y]. The van der Waals surface area contributed by atoms with E-state index < -0.39 is 0 Å². The van der Waals surface area contributed by atoms with Crippen LogP contribution in [0, 0.1) is 12.3 Å². The molecule has 1 aromatic carbocycles. The molecule has 0 aromatic heterocycles. The van der Waals surface area contributed by atoms with Crippen molar-refractivity contribution in [3.8, 4) is 18.1 Å². The smallest absolute Gasteiger partial charge is 0.124 e. The number of phenols is 1. The van der Waals surface area contributed by atoms with Crippen molar-refractivity contribution in [2.45, 2.75) is 0 Å². The van der Waals surface area contributed by atoms with E-state index in [1.54, 1.807) is 18.2 Å². The van der Waals surface area contributed by atoms with Crippen molar-refractivity contribution in [2.75, 3.05) is 0 Å². The predicted molar refractivity (Wildman–Crippen MR) is 36.0 cm³/mol. The first-order valence-electron chi connectivity index (χ1n) is 3.04. The second-order valence-electron chi connectivity index (χ2n) is 1.68. The van der Waals surface area contributed by atoms with Crippen LogP contribution in [0.5, 0.6) is 5.75 Å². The van der Waals surface area contributed by atoms with Crippen molar-refractivity contribution in [2.24, 2.45) is 0 Å². The predicted octanol–water partition coefficient (Wildman–Crippen LogP) is 1.37. The van der Waals surface area contributed by atoms with Gasteiger partial charge < -0.3 is 5.11 Å². The monoisotopic (exact) mass is 387 g/mol. The molecule has 0 saturated carbocycles. The summed E-state index contributed by atoms with van der Waals surface area (Å²) in [6.45, 7) is 0. The molecular weight excluding hydrogens is 379 g/mol. The summed E-state index contributed by atoms with van der Waals surface area (Å²) in [6.07, 6.45) is 2.00. The van der Waals surface area contributed by atoms with E-state index in [2.05, 4.69) is 5.92 Å². The second-order valence-corrected chi connectivity index (χ2v) is 1.68. The molecule has 0 aliphatic carbocycles. The van der Waals surface area contributed by atoms with Crippen LogP contribution in [-0.2, 0) is 98.1 Å². The quantitative estimate of drug-likeness (QED) is 0.668. The number of hydrogen-bond donors (Lipinski definition) is 1. The normalized spacial score (nSPS) is 6.83. The van der Waals surface area contributed by atoms with Gasteiger partial charge in [-0.3, -0.25) is 0 Å². The first-order chi connectivity index (χ1) is 4.83. The van der Waals surface area contributed by atoms with Crippen LogP contribution >= 0.6 is 0 Å². The number of phenolic OH excluding ortho intramolecular Hbond substituents is 1. The van der Waals surface area contributed by atoms with E-state index in [-0.39, 0.29) is 104 Å². The van der Waals surface area contributed by atoms with Gasteiger partial charge >= 0.3 is 0 Å².